The van der Waals surface area contributed by atoms with E-state index in [0.29, 0.717) is 32.9 Å². The van der Waals surface area contributed by atoms with E-state index in [1.807, 2.05) is 18.3 Å². The van der Waals surface area contributed by atoms with Gasteiger partial charge in [0.1, 0.15) is 12.4 Å². The van der Waals surface area contributed by atoms with Crippen molar-refractivity contribution in [2.45, 2.75) is 38.0 Å². The summed E-state index contributed by atoms with van der Waals surface area (Å²) in [5.74, 6) is 1.12. The highest BCUT2D eigenvalue weighted by Gasteiger charge is 2.34. The Labute approximate surface area is 225 Å². The van der Waals surface area contributed by atoms with Crippen molar-refractivity contribution in [3.8, 4) is 16.9 Å². The predicted octanol–water partition coefficient (Wildman–Crippen LogP) is 5.91. The first kappa shape index (κ1) is 27.6. The molecule has 1 aromatic heterocycles. The van der Waals surface area contributed by atoms with Crippen LogP contribution in [0.3, 0.4) is 0 Å². The third kappa shape index (κ3) is 6.71. The number of likely N-dealkylation sites (tertiary alicyclic amines) is 1. The maximum Gasteiger partial charge on any atom is 0.407 e. The van der Waals surface area contributed by atoms with Crippen molar-refractivity contribution in [2.24, 2.45) is 0 Å². The number of ether oxygens (including phenoxy) is 3. The molecule has 1 saturated heterocycles. The van der Waals surface area contributed by atoms with Crippen LogP contribution >= 0.6 is 0 Å². The van der Waals surface area contributed by atoms with Gasteiger partial charge in [-0.1, -0.05) is 30.3 Å². The maximum absolute atomic E-state index is 11.8. The number of piperidine rings is 1. The molecule has 7 nitrogen and oxygen atoms in total. The van der Waals surface area contributed by atoms with E-state index in [0.717, 1.165) is 41.7 Å². The van der Waals surface area contributed by atoms with Crippen LogP contribution in [0.25, 0.3) is 11.1 Å². The molecule has 0 bridgehead atoms. The molecule has 2 atom stereocenters. The number of nitrogens with zero attached hydrogens (tertiary/aromatic N) is 2. The maximum atomic E-state index is 11.8. The summed E-state index contributed by atoms with van der Waals surface area (Å²) in [7, 11) is 3.39. The predicted molar refractivity (Wildman–Crippen MR) is 148 cm³/mol. The van der Waals surface area contributed by atoms with Crippen molar-refractivity contribution in [3.63, 3.8) is 0 Å². The fourth-order valence-corrected chi connectivity index (χ4v) is 5.49. The molecule has 0 radical (unpaired) electrons. The van der Waals surface area contributed by atoms with E-state index in [9.17, 15) is 9.90 Å². The van der Waals surface area contributed by atoms with Crippen molar-refractivity contribution in [2.75, 3.05) is 47.1 Å². The van der Waals surface area contributed by atoms with Crippen LogP contribution in [0.5, 0.6) is 5.75 Å². The smallest absolute Gasteiger partial charge is 0.407 e. The Hall–Kier alpha value is -3.42. The Kier molecular flexibility index (Phi) is 9.73. The molecule has 202 valence electrons. The third-order valence-electron chi connectivity index (χ3n) is 7.40. The summed E-state index contributed by atoms with van der Waals surface area (Å²) in [5, 5.41) is 9.72. The van der Waals surface area contributed by atoms with Gasteiger partial charge in [0.25, 0.3) is 0 Å². The van der Waals surface area contributed by atoms with E-state index in [4.69, 9.17) is 14.2 Å². The summed E-state index contributed by atoms with van der Waals surface area (Å²) in [5.41, 5.74) is 7.05. The minimum Gasteiger partial charge on any atom is -0.491 e. The topological polar surface area (TPSA) is 81.1 Å². The number of pyridine rings is 1. The minimum absolute atomic E-state index is 0.0656. The van der Waals surface area contributed by atoms with E-state index in [2.05, 4.69) is 48.3 Å². The minimum atomic E-state index is -0.859. The molecule has 1 fully saturated rings. The van der Waals surface area contributed by atoms with Crippen LogP contribution in [-0.4, -0.2) is 68.2 Å². The molecule has 2 heterocycles. The number of aryl methyl sites for hydroxylation is 2. The van der Waals surface area contributed by atoms with Gasteiger partial charge in [0.15, 0.2) is 0 Å². The molecule has 1 aliphatic heterocycles. The van der Waals surface area contributed by atoms with Crippen LogP contribution in [0.15, 0.2) is 60.9 Å². The lowest BCUT2D eigenvalue weighted by molar-refractivity contribution is 0.125. The molecule has 3 aromatic rings. The Bertz CT molecular complexity index is 1200. The number of hydrogen-bond acceptors (Lipinski definition) is 5. The van der Waals surface area contributed by atoms with Gasteiger partial charge >= 0.3 is 6.09 Å². The van der Waals surface area contributed by atoms with Crippen LogP contribution in [0.1, 0.15) is 46.9 Å². The van der Waals surface area contributed by atoms with Gasteiger partial charge in [-0.2, -0.15) is 0 Å². The lowest BCUT2D eigenvalue weighted by Crippen LogP contribution is -2.41. The molecule has 1 amide bonds. The number of rotatable bonds is 11. The van der Waals surface area contributed by atoms with Crippen LogP contribution in [-0.2, 0) is 15.9 Å². The van der Waals surface area contributed by atoms with E-state index >= 15 is 0 Å². The molecule has 2 aromatic carbocycles. The molecule has 1 N–H and O–H groups in total. The van der Waals surface area contributed by atoms with Crippen LogP contribution in [0.4, 0.5) is 4.79 Å². The Morgan fingerprint density at radius 1 is 1.05 bits per heavy atom. The zero-order chi connectivity index (χ0) is 26.9. The molecule has 1 aliphatic rings. The number of carboxylic acid groups (broad SMARTS) is 1. The Balaban J connectivity index is 1.65. The molecule has 7 heteroatoms. The van der Waals surface area contributed by atoms with Gasteiger partial charge in [-0.15, -0.1) is 0 Å². The number of hydrogen-bond donors (Lipinski definition) is 1. The quantitative estimate of drug-likeness (QED) is 0.318. The van der Waals surface area contributed by atoms with Gasteiger partial charge in [-0.3, -0.25) is 4.98 Å². The Morgan fingerprint density at radius 2 is 1.89 bits per heavy atom. The first-order valence-corrected chi connectivity index (χ1v) is 13.2. The van der Waals surface area contributed by atoms with Gasteiger partial charge in [0.05, 0.1) is 6.61 Å². The molecule has 2 unspecified atom stereocenters. The second-order valence-corrected chi connectivity index (χ2v) is 9.84. The third-order valence-corrected chi connectivity index (χ3v) is 7.40. The fourth-order valence-electron chi connectivity index (χ4n) is 5.49. The zero-order valence-corrected chi connectivity index (χ0v) is 22.6. The van der Waals surface area contributed by atoms with Crippen molar-refractivity contribution in [3.05, 3.63) is 83.2 Å². The van der Waals surface area contributed by atoms with E-state index < -0.39 is 6.09 Å². The highest BCUT2D eigenvalue weighted by atomic mass is 16.5. The lowest BCUT2D eigenvalue weighted by Gasteiger charge is -2.38. The van der Waals surface area contributed by atoms with Gasteiger partial charge in [0.2, 0.25) is 0 Å². The van der Waals surface area contributed by atoms with Gasteiger partial charge in [-0.05, 0) is 83.7 Å². The highest BCUT2D eigenvalue weighted by Crippen LogP contribution is 2.41. The molecule has 0 aliphatic carbocycles. The Morgan fingerprint density at radius 3 is 2.61 bits per heavy atom. The van der Waals surface area contributed by atoms with Crippen LogP contribution in [0.2, 0.25) is 0 Å². The molecule has 0 saturated carbocycles. The van der Waals surface area contributed by atoms with E-state index in [-0.39, 0.29) is 11.8 Å². The van der Waals surface area contributed by atoms with E-state index in [1.165, 1.54) is 16.7 Å². The van der Waals surface area contributed by atoms with Gasteiger partial charge < -0.3 is 24.2 Å². The number of methoxy groups -OCH3 is 2. The standard InChI is InChI=1S/C31H38N2O5/c1-22-18-24(28-11-9-26(38-17-16-37-3)19-23(28)7-5-15-36-2)8-10-27(22)30-21-33(31(34)35)14-12-29(30)25-6-4-13-32-20-25/h4,6,8-11,13,18-20,29-30H,5,7,12,14-17,21H2,1-3H3,(H,34,35). The van der Waals surface area contributed by atoms with Crippen LogP contribution < -0.4 is 4.74 Å². The molecular weight excluding hydrogens is 480 g/mol. The monoisotopic (exact) mass is 518 g/mol. The first-order valence-electron chi connectivity index (χ1n) is 13.2. The molecule has 38 heavy (non-hydrogen) atoms. The summed E-state index contributed by atoms with van der Waals surface area (Å²) in [6, 6.07) is 16.9. The normalized spacial score (nSPS) is 17.4. The van der Waals surface area contributed by atoms with Gasteiger partial charge in [0, 0.05) is 52.2 Å². The summed E-state index contributed by atoms with van der Waals surface area (Å²) in [6.07, 6.45) is 5.41. The number of benzene rings is 2. The average Bonchev–Trinajstić information content (AvgIpc) is 2.93. The van der Waals surface area contributed by atoms with Gasteiger partial charge in [-0.25, -0.2) is 4.79 Å². The van der Waals surface area contributed by atoms with Crippen LogP contribution in [0, 0.1) is 6.92 Å². The second kappa shape index (κ2) is 13.4. The number of carbonyl (C=O) groups is 1. The average molecular weight is 519 g/mol. The van der Waals surface area contributed by atoms with Crippen molar-refractivity contribution in [1.82, 2.24) is 9.88 Å². The molecule has 4 rings (SSSR count). The summed E-state index contributed by atoms with van der Waals surface area (Å²) < 4.78 is 16.3. The SMILES string of the molecule is COCCCc1cc(OCCOC)ccc1-c1ccc(C2CN(C(=O)O)CCC2c2cccnc2)c(C)c1. The van der Waals surface area contributed by atoms with Crippen molar-refractivity contribution in [1.29, 1.82) is 0 Å². The number of amides is 1. The summed E-state index contributed by atoms with van der Waals surface area (Å²) in [6.45, 7) is 4.89. The second-order valence-electron chi connectivity index (χ2n) is 9.84. The van der Waals surface area contributed by atoms with Crippen molar-refractivity contribution >= 4 is 6.09 Å². The van der Waals surface area contributed by atoms with E-state index in [1.54, 1.807) is 25.3 Å². The number of aromatic nitrogens is 1. The summed E-state index contributed by atoms with van der Waals surface area (Å²) >= 11 is 0. The van der Waals surface area contributed by atoms with Crippen molar-refractivity contribution < 1.29 is 24.1 Å². The highest BCUT2D eigenvalue weighted by molar-refractivity contribution is 5.70. The first-order chi connectivity index (χ1) is 18.5. The molecular formula is C31H38N2O5. The fraction of sp³-hybridized carbons (Fsp3) is 0.419. The lowest BCUT2D eigenvalue weighted by atomic mass is 9.75. The largest absolute Gasteiger partial charge is 0.491 e. The summed E-state index contributed by atoms with van der Waals surface area (Å²) in [4.78, 5) is 17.7. The zero-order valence-electron chi connectivity index (χ0n) is 22.6. The molecule has 0 spiro atoms.